The molecule has 0 saturated carbocycles. The minimum atomic E-state index is -0.487. The van der Waals surface area contributed by atoms with Crippen molar-refractivity contribution in [2.24, 2.45) is 0 Å². The average molecular weight is 273 g/mol. The van der Waals surface area contributed by atoms with E-state index in [9.17, 15) is 14.7 Å². The van der Waals surface area contributed by atoms with E-state index >= 15 is 0 Å². The summed E-state index contributed by atoms with van der Waals surface area (Å²) in [5, 5.41) is 13.9. The van der Waals surface area contributed by atoms with Crippen LogP contribution in [0.2, 0.25) is 0 Å². The van der Waals surface area contributed by atoms with Gasteiger partial charge in [0.05, 0.1) is 24.9 Å². The topological polar surface area (TPSA) is 90.9 Å². The number of rotatable bonds is 4. The summed E-state index contributed by atoms with van der Waals surface area (Å²) in [6, 6.07) is -0.487. The average Bonchev–Trinajstić information content (AvgIpc) is 2.26. The van der Waals surface area contributed by atoms with Crippen LogP contribution in [0.1, 0.15) is 20.8 Å². The van der Waals surface area contributed by atoms with Crippen molar-refractivity contribution >= 4 is 11.9 Å². The summed E-state index contributed by atoms with van der Waals surface area (Å²) in [7, 11) is 0. The monoisotopic (exact) mass is 273 g/mol. The van der Waals surface area contributed by atoms with Crippen LogP contribution in [0.4, 0.5) is 4.79 Å². The maximum absolute atomic E-state index is 11.7. The molecule has 7 nitrogen and oxygen atoms in total. The largest absolute Gasteiger partial charge is 0.394 e. The quantitative estimate of drug-likeness (QED) is 0.630. The van der Waals surface area contributed by atoms with Crippen LogP contribution in [-0.4, -0.2) is 66.4 Å². The second-order valence-electron chi connectivity index (χ2n) is 5.26. The fraction of sp³-hybridized carbons (Fsp3) is 0.833. The van der Waals surface area contributed by atoms with E-state index in [1.54, 1.807) is 6.92 Å². The normalized spacial score (nSPS) is 22.8. The Bertz CT molecular complexity index is 333. The molecule has 1 unspecified atom stereocenters. The van der Waals surface area contributed by atoms with E-state index in [0.717, 1.165) is 0 Å². The Labute approximate surface area is 113 Å². The molecule has 1 rings (SSSR count). The molecule has 7 heteroatoms. The summed E-state index contributed by atoms with van der Waals surface area (Å²) >= 11 is 0. The summed E-state index contributed by atoms with van der Waals surface area (Å²) in [6.07, 6.45) is -0.305. The minimum absolute atomic E-state index is 0.0854. The van der Waals surface area contributed by atoms with Crippen LogP contribution in [0.5, 0.6) is 0 Å². The maximum Gasteiger partial charge on any atom is 0.321 e. The number of urea groups is 1. The standard InChI is InChI=1S/C12H23N3O4/c1-4-13-11(18)14-10(17)6-15-5-9(7-16)19-12(2,3)8-15/h9,16H,4-8H2,1-3H3,(H2,13,14,17,18). The van der Waals surface area contributed by atoms with Gasteiger partial charge in [0, 0.05) is 19.6 Å². The van der Waals surface area contributed by atoms with E-state index in [-0.39, 0.29) is 25.2 Å². The van der Waals surface area contributed by atoms with E-state index in [4.69, 9.17) is 4.74 Å². The Balaban J connectivity index is 2.46. The summed E-state index contributed by atoms with van der Waals surface area (Å²) in [6.45, 7) is 7.14. The van der Waals surface area contributed by atoms with E-state index in [1.165, 1.54) is 0 Å². The Kier molecular flexibility index (Phi) is 5.71. The van der Waals surface area contributed by atoms with Crippen LogP contribution in [0.3, 0.4) is 0 Å². The third kappa shape index (κ3) is 5.54. The second-order valence-corrected chi connectivity index (χ2v) is 5.26. The number of carbonyl (C=O) groups excluding carboxylic acids is 2. The zero-order valence-corrected chi connectivity index (χ0v) is 11.7. The molecule has 0 aromatic heterocycles. The van der Waals surface area contributed by atoms with Crippen LogP contribution >= 0.6 is 0 Å². The van der Waals surface area contributed by atoms with Gasteiger partial charge in [-0.3, -0.25) is 15.0 Å². The van der Waals surface area contributed by atoms with Gasteiger partial charge in [0.1, 0.15) is 0 Å². The number of nitrogens with zero attached hydrogens (tertiary/aromatic N) is 1. The van der Waals surface area contributed by atoms with Crippen LogP contribution in [0.15, 0.2) is 0 Å². The van der Waals surface area contributed by atoms with Crippen LogP contribution in [0, 0.1) is 0 Å². The molecule has 1 saturated heterocycles. The van der Waals surface area contributed by atoms with Gasteiger partial charge in [-0.1, -0.05) is 0 Å². The lowest BCUT2D eigenvalue weighted by Gasteiger charge is -2.41. The van der Waals surface area contributed by atoms with Gasteiger partial charge in [-0.05, 0) is 20.8 Å². The lowest BCUT2D eigenvalue weighted by Crippen LogP contribution is -2.56. The van der Waals surface area contributed by atoms with Crippen molar-refractivity contribution in [2.75, 3.05) is 32.8 Å². The molecule has 1 atom stereocenters. The zero-order valence-electron chi connectivity index (χ0n) is 11.7. The third-order valence-electron chi connectivity index (χ3n) is 2.71. The van der Waals surface area contributed by atoms with Crippen molar-refractivity contribution in [3.05, 3.63) is 0 Å². The van der Waals surface area contributed by atoms with Gasteiger partial charge >= 0.3 is 6.03 Å². The van der Waals surface area contributed by atoms with Crippen molar-refractivity contribution in [1.82, 2.24) is 15.5 Å². The first-order chi connectivity index (χ1) is 8.86. The highest BCUT2D eigenvalue weighted by atomic mass is 16.5. The SMILES string of the molecule is CCNC(=O)NC(=O)CN1CC(CO)OC(C)(C)C1. The molecule has 19 heavy (non-hydrogen) atoms. The van der Waals surface area contributed by atoms with Crippen molar-refractivity contribution in [2.45, 2.75) is 32.5 Å². The van der Waals surface area contributed by atoms with Crippen molar-refractivity contribution < 1.29 is 19.4 Å². The molecule has 0 aliphatic carbocycles. The molecule has 0 bridgehead atoms. The number of carbonyl (C=O) groups is 2. The third-order valence-corrected chi connectivity index (χ3v) is 2.71. The number of aliphatic hydroxyl groups excluding tert-OH is 1. The van der Waals surface area contributed by atoms with Gasteiger partial charge in [0.2, 0.25) is 5.91 Å². The first-order valence-corrected chi connectivity index (χ1v) is 6.45. The zero-order chi connectivity index (χ0) is 14.5. The smallest absolute Gasteiger partial charge is 0.321 e. The Morgan fingerprint density at radius 1 is 1.47 bits per heavy atom. The highest BCUT2D eigenvalue weighted by Crippen LogP contribution is 2.20. The lowest BCUT2D eigenvalue weighted by molar-refractivity contribution is -0.152. The minimum Gasteiger partial charge on any atom is -0.394 e. The fourth-order valence-corrected chi connectivity index (χ4v) is 2.21. The molecule has 110 valence electrons. The predicted molar refractivity (Wildman–Crippen MR) is 69.7 cm³/mol. The van der Waals surface area contributed by atoms with Gasteiger partial charge in [0.25, 0.3) is 0 Å². The Morgan fingerprint density at radius 2 is 2.16 bits per heavy atom. The molecule has 1 aliphatic rings. The van der Waals surface area contributed by atoms with E-state index in [1.807, 2.05) is 18.7 Å². The molecule has 1 aliphatic heterocycles. The number of nitrogens with one attached hydrogen (secondary N) is 2. The van der Waals surface area contributed by atoms with Crippen LogP contribution in [0.25, 0.3) is 0 Å². The fourth-order valence-electron chi connectivity index (χ4n) is 2.21. The highest BCUT2D eigenvalue weighted by molar-refractivity contribution is 5.95. The lowest BCUT2D eigenvalue weighted by atomic mass is 10.1. The van der Waals surface area contributed by atoms with Gasteiger partial charge in [-0.15, -0.1) is 0 Å². The molecule has 3 N–H and O–H groups in total. The number of ether oxygens (including phenoxy) is 1. The number of hydrogen-bond donors (Lipinski definition) is 3. The molecule has 0 spiro atoms. The van der Waals surface area contributed by atoms with Gasteiger partial charge < -0.3 is 15.2 Å². The first kappa shape index (κ1) is 15.9. The number of amides is 3. The number of aliphatic hydroxyl groups is 1. The number of imide groups is 1. The van der Waals surface area contributed by atoms with Crippen molar-refractivity contribution in [3.63, 3.8) is 0 Å². The van der Waals surface area contributed by atoms with E-state index < -0.39 is 11.6 Å². The Morgan fingerprint density at radius 3 is 2.74 bits per heavy atom. The van der Waals surface area contributed by atoms with E-state index in [0.29, 0.717) is 19.6 Å². The van der Waals surface area contributed by atoms with Gasteiger partial charge in [-0.2, -0.15) is 0 Å². The molecule has 1 heterocycles. The molecular weight excluding hydrogens is 250 g/mol. The Hall–Kier alpha value is -1.18. The summed E-state index contributed by atoms with van der Waals surface area (Å²) in [4.78, 5) is 24.8. The number of hydrogen-bond acceptors (Lipinski definition) is 5. The van der Waals surface area contributed by atoms with Crippen molar-refractivity contribution in [3.8, 4) is 0 Å². The van der Waals surface area contributed by atoms with Crippen molar-refractivity contribution in [1.29, 1.82) is 0 Å². The summed E-state index contributed by atoms with van der Waals surface area (Å²) in [5.41, 5.74) is -0.419. The molecule has 1 fully saturated rings. The second kappa shape index (κ2) is 6.83. The highest BCUT2D eigenvalue weighted by Gasteiger charge is 2.33. The predicted octanol–water partition coefficient (Wildman–Crippen LogP) is -0.696. The maximum atomic E-state index is 11.7. The molecule has 0 aromatic rings. The van der Waals surface area contributed by atoms with Crippen LogP contribution in [-0.2, 0) is 9.53 Å². The van der Waals surface area contributed by atoms with E-state index in [2.05, 4.69) is 10.6 Å². The summed E-state index contributed by atoms with van der Waals surface area (Å²) < 4.78 is 5.65. The molecule has 0 radical (unpaired) electrons. The van der Waals surface area contributed by atoms with Gasteiger partial charge in [-0.25, -0.2) is 4.79 Å². The molecule has 3 amide bonds. The molecule has 0 aromatic carbocycles. The van der Waals surface area contributed by atoms with Crippen LogP contribution < -0.4 is 10.6 Å². The summed E-state index contributed by atoms with van der Waals surface area (Å²) in [5.74, 6) is -0.361. The first-order valence-electron chi connectivity index (χ1n) is 6.45. The van der Waals surface area contributed by atoms with Gasteiger partial charge in [0.15, 0.2) is 0 Å². The number of morpholine rings is 1. The molecular formula is C12H23N3O4.